The fraction of sp³-hybridized carbons (Fsp3) is 0.615. The van der Waals surface area contributed by atoms with E-state index in [4.69, 9.17) is 4.74 Å². The average Bonchev–Trinajstić information content (AvgIpc) is 2.84. The molecule has 110 valence electrons. The molecule has 7 nitrogen and oxygen atoms in total. The Morgan fingerprint density at radius 3 is 2.55 bits per heavy atom. The van der Waals surface area contributed by atoms with Crippen LogP contribution in [0.3, 0.4) is 0 Å². The van der Waals surface area contributed by atoms with Gasteiger partial charge < -0.3 is 10.1 Å². The molecule has 0 aliphatic heterocycles. The summed E-state index contributed by atoms with van der Waals surface area (Å²) in [6.07, 6.45) is 0. The summed E-state index contributed by atoms with van der Waals surface area (Å²) in [5.41, 5.74) is 2.14. The first-order valence-corrected chi connectivity index (χ1v) is 6.67. The highest BCUT2D eigenvalue weighted by Gasteiger charge is 2.17. The number of nitrogens with one attached hydrogen (secondary N) is 1. The van der Waals surface area contributed by atoms with Gasteiger partial charge in [-0.2, -0.15) is 9.78 Å². The van der Waals surface area contributed by atoms with Gasteiger partial charge in [0.1, 0.15) is 11.6 Å². The molecule has 0 aliphatic rings. The van der Waals surface area contributed by atoms with E-state index in [1.807, 2.05) is 37.2 Å². The van der Waals surface area contributed by atoms with E-state index in [1.165, 1.54) is 0 Å². The Hall–Kier alpha value is -1.73. The van der Waals surface area contributed by atoms with E-state index in [9.17, 15) is 0 Å². The van der Waals surface area contributed by atoms with Gasteiger partial charge in [0.25, 0.3) is 0 Å². The van der Waals surface area contributed by atoms with Gasteiger partial charge in [-0.25, -0.2) is 4.98 Å². The topological polar surface area (TPSA) is 69.8 Å². The highest BCUT2D eigenvalue weighted by atomic mass is 16.5. The van der Waals surface area contributed by atoms with Crippen molar-refractivity contribution < 1.29 is 4.74 Å². The van der Waals surface area contributed by atoms with Gasteiger partial charge in [-0.1, -0.05) is 0 Å². The zero-order valence-corrected chi connectivity index (χ0v) is 12.8. The van der Waals surface area contributed by atoms with E-state index in [0.717, 1.165) is 41.8 Å². The Labute approximate surface area is 119 Å². The summed E-state index contributed by atoms with van der Waals surface area (Å²) < 4.78 is 8.74. The SMILES string of the molecule is COCCNCc1c(C)nn(C)c1-n1nc(C)nc1C. The average molecular weight is 278 g/mol. The maximum atomic E-state index is 5.04. The molecule has 0 fully saturated rings. The molecule has 20 heavy (non-hydrogen) atoms. The molecule has 1 N–H and O–H groups in total. The summed E-state index contributed by atoms with van der Waals surface area (Å²) in [5, 5.41) is 12.3. The van der Waals surface area contributed by atoms with Crippen LogP contribution in [0, 0.1) is 20.8 Å². The minimum Gasteiger partial charge on any atom is -0.383 e. The molecule has 0 saturated heterocycles. The Morgan fingerprint density at radius 2 is 1.95 bits per heavy atom. The van der Waals surface area contributed by atoms with E-state index < -0.39 is 0 Å². The second kappa shape index (κ2) is 6.15. The molecule has 2 aromatic rings. The lowest BCUT2D eigenvalue weighted by atomic mass is 10.2. The van der Waals surface area contributed by atoms with Gasteiger partial charge >= 0.3 is 0 Å². The fourth-order valence-corrected chi connectivity index (χ4v) is 2.27. The Balaban J connectivity index is 2.30. The minimum atomic E-state index is 0.691. The number of methoxy groups -OCH3 is 1. The van der Waals surface area contributed by atoms with Gasteiger partial charge in [0.05, 0.1) is 12.3 Å². The molecular weight excluding hydrogens is 256 g/mol. The van der Waals surface area contributed by atoms with E-state index in [2.05, 4.69) is 20.5 Å². The number of rotatable bonds is 6. The van der Waals surface area contributed by atoms with Crippen molar-refractivity contribution in [3.63, 3.8) is 0 Å². The molecule has 0 unspecified atom stereocenters. The van der Waals surface area contributed by atoms with Crippen molar-refractivity contribution in [3.8, 4) is 5.82 Å². The zero-order chi connectivity index (χ0) is 14.7. The maximum absolute atomic E-state index is 5.04. The van der Waals surface area contributed by atoms with E-state index >= 15 is 0 Å². The van der Waals surface area contributed by atoms with Crippen LogP contribution in [0.25, 0.3) is 5.82 Å². The molecule has 0 bridgehead atoms. The first-order chi connectivity index (χ1) is 9.54. The molecule has 2 heterocycles. The van der Waals surface area contributed by atoms with Crippen LogP contribution in [0.5, 0.6) is 0 Å². The summed E-state index contributed by atoms with van der Waals surface area (Å²) in [6, 6.07) is 0. The van der Waals surface area contributed by atoms with Crippen molar-refractivity contribution in [2.75, 3.05) is 20.3 Å². The van der Waals surface area contributed by atoms with E-state index in [0.29, 0.717) is 6.61 Å². The number of ether oxygens (including phenoxy) is 1. The smallest absolute Gasteiger partial charge is 0.158 e. The number of hydrogen-bond acceptors (Lipinski definition) is 5. The van der Waals surface area contributed by atoms with Crippen LogP contribution in [0.4, 0.5) is 0 Å². The van der Waals surface area contributed by atoms with Crippen molar-refractivity contribution >= 4 is 0 Å². The second-order valence-corrected chi connectivity index (χ2v) is 4.80. The Morgan fingerprint density at radius 1 is 1.20 bits per heavy atom. The van der Waals surface area contributed by atoms with Crippen molar-refractivity contribution in [1.82, 2.24) is 29.9 Å². The summed E-state index contributed by atoms with van der Waals surface area (Å²) in [5.74, 6) is 2.59. The highest BCUT2D eigenvalue weighted by molar-refractivity contribution is 5.38. The third kappa shape index (κ3) is 2.88. The van der Waals surface area contributed by atoms with Crippen LogP contribution >= 0.6 is 0 Å². The van der Waals surface area contributed by atoms with Gasteiger partial charge in [-0.05, 0) is 20.8 Å². The number of aromatic nitrogens is 5. The molecule has 0 aromatic carbocycles. The van der Waals surface area contributed by atoms with Gasteiger partial charge in [-0.3, -0.25) is 4.68 Å². The third-order valence-corrected chi connectivity index (χ3v) is 3.17. The van der Waals surface area contributed by atoms with Crippen LogP contribution in [0.2, 0.25) is 0 Å². The van der Waals surface area contributed by atoms with Crippen molar-refractivity contribution in [2.45, 2.75) is 27.3 Å². The molecular formula is C13H22N6O. The monoisotopic (exact) mass is 278 g/mol. The standard InChI is InChI=1S/C13H22N6O/c1-9-12(8-14-6-7-20-5)13(18(4)16-9)19-11(3)15-10(2)17-19/h14H,6-8H2,1-5H3. The molecule has 2 aromatic heterocycles. The molecule has 0 amide bonds. The van der Waals surface area contributed by atoms with Crippen LogP contribution in [0.1, 0.15) is 22.9 Å². The van der Waals surface area contributed by atoms with E-state index in [1.54, 1.807) is 7.11 Å². The second-order valence-electron chi connectivity index (χ2n) is 4.80. The Bertz CT molecular complexity index is 586. The van der Waals surface area contributed by atoms with Gasteiger partial charge in [-0.15, -0.1) is 5.10 Å². The quantitative estimate of drug-likeness (QED) is 0.786. The molecule has 2 rings (SSSR count). The largest absolute Gasteiger partial charge is 0.383 e. The normalized spacial score (nSPS) is 11.2. The number of hydrogen-bond donors (Lipinski definition) is 1. The molecule has 7 heteroatoms. The van der Waals surface area contributed by atoms with Gasteiger partial charge in [0.15, 0.2) is 5.82 Å². The van der Waals surface area contributed by atoms with E-state index in [-0.39, 0.29) is 0 Å². The lowest BCUT2D eigenvalue weighted by Gasteiger charge is -2.09. The third-order valence-electron chi connectivity index (χ3n) is 3.17. The maximum Gasteiger partial charge on any atom is 0.158 e. The zero-order valence-electron chi connectivity index (χ0n) is 12.8. The van der Waals surface area contributed by atoms with Crippen LogP contribution in [0.15, 0.2) is 0 Å². The molecule has 0 radical (unpaired) electrons. The Kier molecular flexibility index (Phi) is 4.51. The van der Waals surface area contributed by atoms with Gasteiger partial charge in [0, 0.05) is 32.8 Å². The summed E-state index contributed by atoms with van der Waals surface area (Å²) in [6.45, 7) is 8.08. The number of nitrogens with zero attached hydrogens (tertiary/aromatic N) is 5. The van der Waals surface area contributed by atoms with Crippen molar-refractivity contribution in [1.29, 1.82) is 0 Å². The van der Waals surface area contributed by atoms with Crippen LogP contribution < -0.4 is 5.32 Å². The lowest BCUT2D eigenvalue weighted by Crippen LogP contribution is -2.20. The van der Waals surface area contributed by atoms with Gasteiger partial charge in [0.2, 0.25) is 0 Å². The minimum absolute atomic E-state index is 0.691. The highest BCUT2D eigenvalue weighted by Crippen LogP contribution is 2.18. The predicted octanol–water partition coefficient (Wildman–Crippen LogP) is 0.662. The molecule has 0 atom stereocenters. The first-order valence-electron chi connectivity index (χ1n) is 6.67. The summed E-state index contributed by atoms with van der Waals surface area (Å²) in [4.78, 5) is 4.36. The summed E-state index contributed by atoms with van der Waals surface area (Å²) in [7, 11) is 3.63. The van der Waals surface area contributed by atoms with Crippen LogP contribution in [-0.2, 0) is 18.3 Å². The van der Waals surface area contributed by atoms with Crippen LogP contribution in [-0.4, -0.2) is 44.8 Å². The lowest BCUT2D eigenvalue weighted by molar-refractivity contribution is 0.199. The summed E-state index contributed by atoms with van der Waals surface area (Å²) >= 11 is 0. The van der Waals surface area contributed by atoms with Crippen molar-refractivity contribution in [2.24, 2.45) is 7.05 Å². The first kappa shape index (κ1) is 14.7. The van der Waals surface area contributed by atoms with Crippen molar-refractivity contribution in [3.05, 3.63) is 22.9 Å². The molecule has 0 saturated carbocycles. The molecule has 0 aliphatic carbocycles. The predicted molar refractivity (Wildman–Crippen MR) is 75.9 cm³/mol. The molecule has 0 spiro atoms. The number of aryl methyl sites for hydroxylation is 4. The fourth-order valence-electron chi connectivity index (χ4n) is 2.27.